The normalized spacial score (nSPS) is 23.0. The third-order valence-corrected chi connectivity index (χ3v) is 4.80. The van der Waals surface area contributed by atoms with Crippen molar-refractivity contribution in [2.24, 2.45) is 5.41 Å². The molecule has 1 N–H and O–H groups in total. The van der Waals surface area contributed by atoms with Crippen molar-refractivity contribution < 1.29 is 14.3 Å². The van der Waals surface area contributed by atoms with Crippen molar-refractivity contribution >= 4 is 56.7 Å². The van der Waals surface area contributed by atoms with Crippen LogP contribution in [0.3, 0.4) is 0 Å². The number of nitrogens with one attached hydrogen (secondary N) is 1. The predicted molar refractivity (Wildman–Crippen MR) is 80.9 cm³/mol. The van der Waals surface area contributed by atoms with Crippen LogP contribution in [0, 0.1) is 5.41 Å². The first-order valence-corrected chi connectivity index (χ1v) is 7.40. The molecule has 0 radical (unpaired) electrons. The van der Waals surface area contributed by atoms with Crippen LogP contribution < -0.4 is 5.32 Å². The first-order valence-electron chi connectivity index (χ1n) is 5.85. The number of hydrogen-bond acceptors (Lipinski definition) is 3. The molecule has 0 spiro atoms. The van der Waals surface area contributed by atoms with Gasteiger partial charge in [0.05, 0.1) is 0 Å². The molecule has 1 aromatic carbocycles. The molecule has 1 amide bonds. The zero-order valence-corrected chi connectivity index (χ0v) is 13.7. The molecular formula is C13H12BrCl2NO3. The van der Waals surface area contributed by atoms with E-state index in [2.05, 4.69) is 21.2 Å². The van der Waals surface area contributed by atoms with Crippen LogP contribution in [-0.4, -0.2) is 22.8 Å². The van der Waals surface area contributed by atoms with Crippen molar-refractivity contribution in [1.82, 2.24) is 0 Å². The van der Waals surface area contributed by atoms with E-state index < -0.39 is 21.6 Å². The Labute approximate surface area is 134 Å². The van der Waals surface area contributed by atoms with Crippen molar-refractivity contribution in [1.29, 1.82) is 0 Å². The second kappa shape index (κ2) is 5.54. The van der Waals surface area contributed by atoms with Gasteiger partial charge < -0.3 is 10.1 Å². The minimum Gasteiger partial charge on any atom is -0.455 e. The number of hydrogen-bond donors (Lipinski definition) is 1. The SMILES string of the molecule is C[C@@]1(C(=O)OCC(=O)Nc2ccc(Br)cc2)CC1(Cl)Cl. The molecule has 1 aromatic rings. The number of ether oxygens (including phenoxy) is 1. The molecule has 7 heteroatoms. The van der Waals surface area contributed by atoms with Crippen molar-refractivity contribution in [3.8, 4) is 0 Å². The van der Waals surface area contributed by atoms with E-state index >= 15 is 0 Å². The summed E-state index contributed by atoms with van der Waals surface area (Å²) in [5, 5.41) is 2.61. The molecule has 0 aliphatic heterocycles. The molecule has 1 fully saturated rings. The highest BCUT2D eigenvalue weighted by molar-refractivity contribution is 9.10. The average Bonchev–Trinajstić information content (AvgIpc) is 2.90. The predicted octanol–water partition coefficient (Wildman–Crippen LogP) is 3.51. The number of anilines is 1. The van der Waals surface area contributed by atoms with Gasteiger partial charge in [-0.3, -0.25) is 9.59 Å². The number of carbonyl (C=O) groups excluding carboxylic acids is 2. The summed E-state index contributed by atoms with van der Waals surface area (Å²) >= 11 is 15.0. The molecule has 1 atom stereocenters. The maximum absolute atomic E-state index is 11.8. The molecule has 0 aromatic heterocycles. The third-order valence-electron chi connectivity index (χ3n) is 3.17. The summed E-state index contributed by atoms with van der Waals surface area (Å²) in [5.41, 5.74) is -0.301. The Hall–Kier alpha value is -0.780. The Morgan fingerprint density at radius 1 is 1.35 bits per heavy atom. The van der Waals surface area contributed by atoms with E-state index in [0.717, 1.165) is 4.47 Å². The van der Waals surface area contributed by atoms with Crippen LogP contribution in [0.5, 0.6) is 0 Å². The van der Waals surface area contributed by atoms with Gasteiger partial charge >= 0.3 is 5.97 Å². The lowest BCUT2D eigenvalue weighted by Gasteiger charge is -2.11. The Balaban J connectivity index is 1.81. The van der Waals surface area contributed by atoms with Crippen LogP contribution in [-0.2, 0) is 14.3 Å². The highest BCUT2D eigenvalue weighted by Crippen LogP contribution is 2.64. The van der Waals surface area contributed by atoms with Gasteiger partial charge in [-0.05, 0) is 31.2 Å². The fourth-order valence-electron chi connectivity index (χ4n) is 1.64. The zero-order chi connectivity index (χ0) is 15.0. The Morgan fingerprint density at radius 2 is 1.90 bits per heavy atom. The summed E-state index contributed by atoms with van der Waals surface area (Å²) < 4.78 is 4.75. The molecule has 1 aliphatic rings. The monoisotopic (exact) mass is 379 g/mol. The summed E-state index contributed by atoms with van der Waals surface area (Å²) in [7, 11) is 0. The third kappa shape index (κ3) is 3.27. The summed E-state index contributed by atoms with van der Waals surface area (Å²) in [6, 6.07) is 7.05. The van der Waals surface area contributed by atoms with Gasteiger partial charge in [0.2, 0.25) is 0 Å². The van der Waals surface area contributed by atoms with E-state index in [-0.39, 0.29) is 6.61 Å². The lowest BCUT2D eigenvalue weighted by molar-refractivity contribution is -0.152. The Bertz CT molecular complexity index is 547. The summed E-state index contributed by atoms with van der Waals surface area (Å²) in [6.07, 6.45) is 0.330. The van der Waals surface area contributed by atoms with Gasteiger partial charge in [0.1, 0.15) is 9.75 Å². The molecule has 2 rings (SSSR count). The molecular weight excluding hydrogens is 369 g/mol. The van der Waals surface area contributed by atoms with E-state index in [0.29, 0.717) is 12.1 Å². The molecule has 108 valence electrons. The lowest BCUT2D eigenvalue weighted by Crippen LogP contribution is -2.26. The topological polar surface area (TPSA) is 55.4 Å². The van der Waals surface area contributed by atoms with E-state index in [1.165, 1.54) is 0 Å². The van der Waals surface area contributed by atoms with E-state index in [4.69, 9.17) is 27.9 Å². The van der Waals surface area contributed by atoms with Crippen molar-refractivity contribution in [2.45, 2.75) is 17.7 Å². The van der Waals surface area contributed by atoms with E-state index in [9.17, 15) is 9.59 Å². The van der Waals surface area contributed by atoms with Crippen LogP contribution in [0.25, 0.3) is 0 Å². The molecule has 20 heavy (non-hydrogen) atoms. The van der Waals surface area contributed by atoms with Gasteiger partial charge in [-0.2, -0.15) is 0 Å². The molecule has 0 heterocycles. The first-order chi connectivity index (χ1) is 9.24. The minimum atomic E-state index is -1.09. The second-order valence-electron chi connectivity index (χ2n) is 4.84. The maximum Gasteiger partial charge on any atom is 0.315 e. The second-order valence-corrected chi connectivity index (χ2v) is 7.24. The number of amides is 1. The standard InChI is InChI=1S/C13H12BrCl2NO3/c1-12(7-13(12,15)16)11(19)20-6-10(18)17-9-4-2-8(14)3-5-9/h2-5H,6-7H2,1H3,(H,17,18)/t12-/m0/s1. The molecule has 0 unspecified atom stereocenters. The number of esters is 1. The van der Waals surface area contributed by atoms with Gasteiger partial charge in [-0.25, -0.2) is 0 Å². The van der Waals surface area contributed by atoms with Crippen molar-refractivity contribution in [3.63, 3.8) is 0 Å². The fraction of sp³-hybridized carbons (Fsp3) is 0.385. The average molecular weight is 381 g/mol. The number of alkyl halides is 2. The minimum absolute atomic E-state index is 0.330. The number of benzene rings is 1. The molecule has 0 saturated heterocycles. The van der Waals surface area contributed by atoms with Crippen molar-refractivity contribution in [3.05, 3.63) is 28.7 Å². The van der Waals surface area contributed by atoms with Gasteiger partial charge in [0.25, 0.3) is 5.91 Å². The van der Waals surface area contributed by atoms with Crippen LogP contribution in [0.4, 0.5) is 5.69 Å². The first kappa shape index (κ1) is 15.6. The molecule has 1 aliphatic carbocycles. The van der Waals surface area contributed by atoms with Crippen LogP contribution in [0.15, 0.2) is 28.7 Å². The zero-order valence-electron chi connectivity index (χ0n) is 10.6. The number of rotatable bonds is 4. The van der Waals surface area contributed by atoms with Gasteiger partial charge in [0, 0.05) is 16.6 Å². The van der Waals surface area contributed by atoms with Crippen LogP contribution in [0.2, 0.25) is 0 Å². The largest absolute Gasteiger partial charge is 0.455 e. The van der Waals surface area contributed by atoms with E-state index in [1.54, 1.807) is 31.2 Å². The fourth-order valence-corrected chi connectivity index (χ4v) is 2.60. The molecule has 0 bridgehead atoms. The molecule has 4 nitrogen and oxygen atoms in total. The van der Waals surface area contributed by atoms with Gasteiger partial charge in [-0.15, -0.1) is 23.2 Å². The summed E-state index contributed by atoms with van der Waals surface area (Å²) in [5.74, 6) is -0.979. The van der Waals surface area contributed by atoms with Crippen molar-refractivity contribution in [2.75, 3.05) is 11.9 Å². The number of carbonyl (C=O) groups is 2. The summed E-state index contributed by atoms with van der Waals surface area (Å²) in [4.78, 5) is 23.4. The van der Waals surface area contributed by atoms with Gasteiger partial charge in [0.15, 0.2) is 6.61 Å². The van der Waals surface area contributed by atoms with Crippen LogP contribution >= 0.6 is 39.1 Å². The van der Waals surface area contributed by atoms with Crippen LogP contribution in [0.1, 0.15) is 13.3 Å². The Kier molecular flexibility index (Phi) is 4.33. The van der Waals surface area contributed by atoms with Gasteiger partial charge in [-0.1, -0.05) is 15.9 Å². The Morgan fingerprint density at radius 3 is 2.40 bits per heavy atom. The smallest absolute Gasteiger partial charge is 0.315 e. The highest BCUT2D eigenvalue weighted by atomic mass is 79.9. The van der Waals surface area contributed by atoms with E-state index in [1.807, 2.05) is 0 Å². The quantitative estimate of drug-likeness (QED) is 0.642. The number of halogens is 3. The maximum atomic E-state index is 11.8. The lowest BCUT2D eigenvalue weighted by atomic mass is 10.1. The summed E-state index contributed by atoms with van der Waals surface area (Å²) in [6.45, 7) is 1.25. The highest BCUT2D eigenvalue weighted by Gasteiger charge is 2.69. The molecule has 1 saturated carbocycles.